The Morgan fingerprint density at radius 2 is 1.72 bits per heavy atom. The fourth-order valence-corrected chi connectivity index (χ4v) is 2.82. The molecule has 2 nitrogen and oxygen atoms in total. The van der Waals surface area contributed by atoms with Crippen LogP contribution in [0, 0.1) is 23.7 Å². The summed E-state index contributed by atoms with van der Waals surface area (Å²) in [6.45, 7) is 12.6. The van der Waals surface area contributed by atoms with Gasteiger partial charge in [0.1, 0.15) is 6.10 Å². The second-order valence-electron chi connectivity index (χ2n) is 5.74. The molecule has 0 bridgehead atoms. The SMILES string of the molecule is CCC(C(C)C)C(C)OC(=O)C(C)[C@@H](C)CCS. The number of hydrogen-bond donors (Lipinski definition) is 1. The smallest absolute Gasteiger partial charge is 0.309 e. The summed E-state index contributed by atoms with van der Waals surface area (Å²) in [5.74, 6) is 2.04. The van der Waals surface area contributed by atoms with Crippen molar-refractivity contribution in [2.24, 2.45) is 23.7 Å². The number of esters is 1. The minimum atomic E-state index is -0.0594. The molecule has 0 aliphatic rings. The highest BCUT2D eigenvalue weighted by molar-refractivity contribution is 7.80. The molecule has 3 heteroatoms. The third-order valence-corrected chi connectivity index (χ3v) is 4.30. The maximum Gasteiger partial charge on any atom is 0.309 e. The number of thiol groups is 1. The van der Waals surface area contributed by atoms with Crippen molar-refractivity contribution in [3.8, 4) is 0 Å². The monoisotopic (exact) mass is 274 g/mol. The number of carbonyl (C=O) groups is 1. The average Bonchev–Trinajstić information content (AvgIpc) is 2.28. The second kappa shape index (κ2) is 8.84. The van der Waals surface area contributed by atoms with Gasteiger partial charge in [-0.25, -0.2) is 0 Å². The first-order chi connectivity index (χ1) is 8.34. The van der Waals surface area contributed by atoms with Gasteiger partial charge >= 0.3 is 5.97 Å². The zero-order chi connectivity index (χ0) is 14.3. The van der Waals surface area contributed by atoms with E-state index in [4.69, 9.17) is 4.74 Å². The van der Waals surface area contributed by atoms with E-state index in [0.29, 0.717) is 17.8 Å². The highest BCUT2D eigenvalue weighted by atomic mass is 32.1. The van der Waals surface area contributed by atoms with E-state index >= 15 is 0 Å². The lowest BCUT2D eigenvalue weighted by molar-refractivity contribution is -0.157. The van der Waals surface area contributed by atoms with Crippen LogP contribution in [-0.4, -0.2) is 17.8 Å². The number of carbonyl (C=O) groups excluding carboxylic acids is 1. The van der Waals surface area contributed by atoms with Crippen LogP contribution < -0.4 is 0 Å². The molecule has 0 amide bonds. The van der Waals surface area contributed by atoms with E-state index in [1.54, 1.807) is 0 Å². The molecule has 0 N–H and O–H groups in total. The molecule has 0 saturated carbocycles. The lowest BCUT2D eigenvalue weighted by Gasteiger charge is -2.28. The molecule has 0 fully saturated rings. The van der Waals surface area contributed by atoms with Crippen LogP contribution in [0.4, 0.5) is 0 Å². The number of hydrogen-bond acceptors (Lipinski definition) is 3. The van der Waals surface area contributed by atoms with Crippen molar-refractivity contribution in [2.75, 3.05) is 5.75 Å². The van der Waals surface area contributed by atoms with E-state index in [2.05, 4.69) is 40.3 Å². The zero-order valence-electron chi connectivity index (χ0n) is 12.8. The molecule has 3 unspecified atom stereocenters. The molecule has 0 aliphatic heterocycles. The van der Waals surface area contributed by atoms with Gasteiger partial charge in [0.05, 0.1) is 5.92 Å². The maximum absolute atomic E-state index is 12.1. The fourth-order valence-electron chi connectivity index (χ4n) is 2.41. The molecule has 0 heterocycles. The molecule has 0 saturated heterocycles. The van der Waals surface area contributed by atoms with E-state index in [1.807, 2.05) is 13.8 Å². The molecule has 108 valence electrons. The summed E-state index contributed by atoms with van der Waals surface area (Å²) in [5.41, 5.74) is 0. The Morgan fingerprint density at radius 3 is 2.11 bits per heavy atom. The molecular formula is C15H30O2S. The predicted molar refractivity (Wildman–Crippen MR) is 81.0 cm³/mol. The molecule has 0 aromatic rings. The molecule has 0 aromatic carbocycles. The van der Waals surface area contributed by atoms with Gasteiger partial charge in [0.2, 0.25) is 0 Å². The van der Waals surface area contributed by atoms with Crippen LogP contribution >= 0.6 is 12.6 Å². The van der Waals surface area contributed by atoms with Gasteiger partial charge in [-0.1, -0.05) is 34.6 Å². The Hall–Kier alpha value is -0.180. The van der Waals surface area contributed by atoms with Gasteiger partial charge in [-0.15, -0.1) is 0 Å². The van der Waals surface area contributed by atoms with Crippen molar-refractivity contribution >= 4 is 18.6 Å². The Kier molecular flexibility index (Phi) is 8.75. The second-order valence-corrected chi connectivity index (χ2v) is 6.18. The first kappa shape index (κ1) is 17.8. The summed E-state index contributed by atoms with van der Waals surface area (Å²) in [7, 11) is 0. The lowest BCUT2D eigenvalue weighted by atomic mass is 9.88. The van der Waals surface area contributed by atoms with Gasteiger partial charge in [-0.05, 0) is 43.3 Å². The Balaban J connectivity index is 4.37. The summed E-state index contributed by atoms with van der Waals surface area (Å²) in [6.07, 6.45) is 2.01. The topological polar surface area (TPSA) is 26.3 Å². The molecule has 0 spiro atoms. The van der Waals surface area contributed by atoms with E-state index in [1.165, 1.54) is 0 Å². The normalized spacial score (nSPS) is 18.2. The van der Waals surface area contributed by atoms with E-state index < -0.39 is 0 Å². The predicted octanol–water partition coefficient (Wildman–Crippen LogP) is 4.19. The largest absolute Gasteiger partial charge is 0.462 e. The van der Waals surface area contributed by atoms with Gasteiger partial charge in [-0.2, -0.15) is 12.6 Å². The van der Waals surface area contributed by atoms with Crippen LogP contribution in [0.5, 0.6) is 0 Å². The third-order valence-electron chi connectivity index (χ3n) is 4.04. The van der Waals surface area contributed by atoms with Crippen molar-refractivity contribution in [3.63, 3.8) is 0 Å². The first-order valence-corrected chi connectivity index (χ1v) is 7.79. The molecule has 4 atom stereocenters. The molecule has 0 aromatic heterocycles. The highest BCUT2D eigenvalue weighted by Crippen LogP contribution is 2.24. The van der Waals surface area contributed by atoms with Gasteiger partial charge in [0.25, 0.3) is 0 Å². The summed E-state index contributed by atoms with van der Waals surface area (Å²) >= 11 is 4.22. The third kappa shape index (κ3) is 5.64. The van der Waals surface area contributed by atoms with E-state index in [9.17, 15) is 4.79 Å². The van der Waals surface area contributed by atoms with Gasteiger partial charge in [-0.3, -0.25) is 4.79 Å². The highest BCUT2D eigenvalue weighted by Gasteiger charge is 2.27. The zero-order valence-corrected chi connectivity index (χ0v) is 13.7. The average molecular weight is 274 g/mol. The van der Waals surface area contributed by atoms with E-state index in [-0.39, 0.29) is 18.0 Å². The van der Waals surface area contributed by atoms with E-state index in [0.717, 1.165) is 18.6 Å². The van der Waals surface area contributed by atoms with Gasteiger partial charge < -0.3 is 4.74 Å². The Bertz CT molecular complexity index is 241. The molecule has 18 heavy (non-hydrogen) atoms. The van der Waals surface area contributed by atoms with Gasteiger partial charge in [0, 0.05) is 0 Å². The van der Waals surface area contributed by atoms with Crippen LogP contribution in [0.15, 0.2) is 0 Å². The standard InChI is InChI=1S/C15H30O2S/c1-7-14(10(2)3)13(6)17-15(16)12(5)11(4)8-9-18/h10-14,18H,7-9H2,1-6H3/t11-,12?,13?,14?/m0/s1. The maximum atomic E-state index is 12.1. The first-order valence-electron chi connectivity index (χ1n) is 7.16. The van der Waals surface area contributed by atoms with Crippen LogP contribution in [0.3, 0.4) is 0 Å². The number of ether oxygens (including phenoxy) is 1. The van der Waals surface area contributed by atoms with Crippen LogP contribution in [0.25, 0.3) is 0 Å². The molecule has 0 rings (SSSR count). The Labute approximate surface area is 118 Å². The quantitative estimate of drug-likeness (QED) is 0.530. The molecule has 0 aliphatic carbocycles. The van der Waals surface area contributed by atoms with Crippen LogP contribution in [0.2, 0.25) is 0 Å². The summed E-state index contributed by atoms with van der Waals surface area (Å²) < 4.78 is 5.63. The summed E-state index contributed by atoms with van der Waals surface area (Å²) in [5, 5.41) is 0. The fraction of sp³-hybridized carbons (Fsp3) is 0.933. The van der Waals surface area contributed by atoms with Crippen LogP contribution in [-0.2, 0) is 9.53 Å². The van der Waals surface area contributed by atoms with Crippen molar-refractivity contribution in [3.05, 3.63) is 0 Å². The van der Waals surface area contributed by atoms with Gasteiger partial charge in [0.15, 0.2) is 0 Å². The minimum Gasteiger partial charge on any atom is -0.462 e. The summed E-state index contributed by atoms with van der Waals surface area (Å²) in [4.78, 5) is 12.1. The minimum absolute atomic E-state index is 0.00755. The van der Waals surface area contributed by atoms with Crippen molar-refractivity contribution < 1.29 is 9.53 Å². The van der Waals surface area contributed by atoms with Crippen molar-refractivity contribution in [1.82, 2.24) is 0 Å². The van der Waals surface area contributed by atoms with Crippen molar-refractivity contribution in [1.29, 1.82) is 0 Å². The molecule has 0 radical (unpaired) electrons. The Morgan fingerprint density at radius 1 is 1.17 bits per heavy atom. The lowest BCUT2D eigenvalue weighted by Crippen LogP contribution is -2.31. The van der Waals surface area contributed by atoms with Crippen molar-refractivity contribution in [2.45, 2.75) is 60.5 Å². The molecular weight excluding hydrogens is 244 g/mol. The van der Waals surface area contributed by atoms with Crippen LogP contribution in [0.1, 0.15) is 54.4 Å². The number of rotatable bonds is 8. The summed E-state index contributed by atoms with van der Waals surface area (Å²) in [6, 6.07) is 0.